The van der Waals surface area contributed by atoms with Gasteiger partial charge in [0.15, 0.2) is 11.0 Å². The van der Waals surface area contributed by atoms with Crippen LogP contribution in [0.2, 0.25) is 15.1 Å². The number of carbonyl (C=O) groups is 1. The minimum Gasteiger partial charge on any atom is -0.272 e. The molecule has 1 heterocycles. The molecule has 0 aliphatic carbocycles. The number of thioether (sulfide) groups is 1. The van der Waals surface area contributed by atoms with Crippen molar-refractivity contribution in [2.24, 2.45) is 5.10 Å². The van der Waals surface area contributed by atoms with Crippen LogP contribution in [0.5, 0.6) is 0 Å². The number of hydrogen-bond acceptors (Lipinski definition) is 5. The molecule has 1 aromatic heterocycles. The highest BCUT2D eigenvalue weighted by Gasteiger charge is 2.17. The summed E-state index contributed by atoms with van der Waals surface area (Å²) in [6.45, 7) is 0. The normalized spacial score (nSPS) is 11.1. The molecular formula is C23H16Cl3N5OS. The molecule has 0 unspecified atom stereocenters. The standard InChI is InChI=1S/C23H16Cl3N5OS/c24-17-7-9-18(10-8-17)31-22(16-4-2-1-3-5-16)29-30-23(31)33-14-21(32)28-27-13-15-6-11-19(25)20(26)12-15/h1-13H,14H2,(H,28,32)/b27-13-. The lowest BCUT2D eigenvalue weighted by Gasteiger charge is -2.10. The predicted octanol–water partition coefficient (Wildman–Crippen LogP) is 6.14. The number of carbonyl (C=O) groups excluding carboxylic acids is 1. The summed E-state index contributed by atoms with van der Waals surface area (Å²) >= 11 is 19.2. The number of benzene rings is 3. The van der Waals surface area contributed by atoms with Crippen LogP contribution in [0.1, 0.15) is 5.56 Å². The maximum atomic E-state index is 12.3. The van der Waals surface area contributed by atoms with Crippen LogP contribution in [0, 0.1) is 0 Å². The Labute approximate surface area is 209 Å². The van der Waals surface area contributed by atoms with Crippen molar-refractivity contribution in [1.82, 2.24) is 20.2 Å². The number of halogens is 3. The lowest BCUT2D eigenvalue weighted by Crippen LogP contribution is -2.20. The second-order valence-electron chi connectivity index (χ2n) is 6.74. The topological polar surface area (TPSA) is 72.2 Å². The van der Waals surface area contributed by atoms with Crippen LogP contribution in [-0.4, -0.2) is 32.6 Å². The molecule has 0 fully saturated rings. The van der Waals surface area contributed by atoms with Gasteiger partial charge in [-0.05, 0) is 42.0 Å². The first-order chi connectivity index (χ1) is 16.0. The second-order valence-corrected chi connectivity index (χ2v) is 8.93. The average Bonchev–Trinajstić information content (AvgIpc) is 3.25. The van der Waals surface area contributed by atoms with Gasteiger partial charge in [-0.25, -0.2) is 5.43 Å². The van der Waals surface area contributed by atoms with Crippen LogP contribution in [0.15, 0.2) is 83.1 Å². The third kappa shape index (κ3) is 5.94. The van der Waals surface area contributed by atoms with Gasteiger partial charge in [0.2, 0.25) is 0 Å². The third-order valence-corrected chi connectivity index (χ3v) is 6.35. The number of nitrogens with zero attached hydrogens (tertiary/aromatic N) is 4. The molecule has 0 saturated heterocycles. The van der Waals surface area contributed by atoms with E-state index in [4.69, 9.17) is 34.8 Å². The van der Waals surface area contributed by atoms with Crippen LogP contribution < -0.4 is 5.43 Å². The summed E-state index contributed by atoms with van der Waals surface area (Å²) in [6.07, 6.45) is 1.49. The zero-order valence-electron chi connectivity index (χ0n) is 17.0. The zero-order chi connectivity index (χ0) is 23.2. The smallest absolute Gasteiger partial charge is 0.250 e. The van der Waals surface area contributed by atoms with Crippen LogP contribution in [0.25, 0.3) is 17.1 Å². The van der Waals surface area contributed by atoms with Crippen LogP contribution in [0.3, 0.4) is 0 Å². The number of nitrogens with one attached hydrogen (secondary N) is 1. The van der Waals surface area contributed by atoms with Gasteiger partial charge in [-0.3, -0.25) is 9.36 Å². The lowest BCUT2D eigenvalue weighted by atomic mass is 10.2. The molecule has 10 heteroatoms. The van der Waals surface area contributed by atoms with E-state index in [9.17, 15) is 4.79 Å². The van der Waals surface area contributed by atoms with Crippen LogP contribution >= 0.6 is 46.6 Å². The van der Waals surface area contributed by atoms with Crippen molar-refractivity contribution >= 4 is 58.7 Å². The van der Waals surface area contributed by atoms with E-state index in [0.29, 0.717) is 31.6 Å². The molecule has 0 atom stereocenters. The van der Waals surface area contributed by atoms with E-state index in [1.165, 1.54) is 18.0 Å². The lowest BCUT2D eigenvalue weighted by molar-refractivity contribution is -0.118. The summed E-state index contributed by atoms with van der Waals surface area (Å²) in [6, 6.07) is 22.1. The average molecular weight is 517 g/mol. The Bertz CT molecular complexity index is 1290. The number of rotatable bonds is 7. The Morgan fingerprint density at radius 3 is 2.45 bits per heavy atom. The maximum absolute atomic E-state index is 12.3. The summed E-state index contributed by atoms with van der Waals surface area (Å²) in [4.78, 5) is 12.3. The molecule has 4 rings (SSSR count). The molecule has 3 aromatic carbocycles. The van der Waals surface area contributed by atoms with E-state index in [2.05, 4.69) is 20.7 Å². The van der Waals surface area contributed by atoms with E-state index in [0.717, 1.165) is 11.3 Å². The molecule has 0 aliphatic rings. The zero-order valence-corrected chi connectivity index (χ0v) is 20.0. The van der Waals surface area contributed by atoms with Gasteiger partial charge < -0.3 is 0 Å². The van der Waals surface area contributed by atoms with E-state index >= 15 is 0 Å². The Hall–Kier alpha value is -2.84. The highest BCUT2D eigenvalue weighted by molar-refractivity contribution is 7.99. The highest BCUT2D eigenvalue weighted by atomic mass is 35.5. The number of hydrogen-bond donors (Lipinski definition) is 1. The van der Waals surface area contributed by atoms with Crippen LogP contribution in [-0.2, 0) is 4.79 Å². The van der Waals surface area contributed by atoms with Gasteiger partial charge in [0.05, 0.1) is 22.0 Å². The Balaban J connectivity index is 1.49. The Morgan fingerprint density at radius 1 is 0.970 bits per heavy atom. The fourth-order valence-corrected chi connectivity index (χ4v) is 4.07. The van der Waals surface area contributed by atoms with E-state index in [1.807, 2.05) is 47.0 Å². The Morgan fingerprint density at radius 2 is 1.73 bits per heavy atom. The van der Waals surface area contributed by atoms with Gasteiger partial charge in [-0.2, -0.15) is 5.10 Å². The molecular weight excluding hydrogens is 501 g/mol. The largest absolute Gasteiger partial charge is 0.272 e. The predicted molar refractivity (Wildman–Crippen MR) is 135 cm³/mol. The number of hydrazone groups is 1. The highest BCUT2D eigenvalue weighted by Crippen LogP contribution is 2.28. The van der Waals surface area contributed by atoms with Gasteiger partial charge in [-0.15, -0.1) is 10.2 Å². The summed E-state index contributed by atoms with van der Waals surface area (Å²) < 4.78 is 1.89. The van der Waals surface area contributed by atoms with Gasteiger partial charge in [0.1, 0.15) is 0 Å². The first kappa shape index (κ1) is 23.3. The molecule has 1 amide bonds. The van der Waals surface area contributed by atoms with Crippen molar-refractivity contribution in [3.63, 3.8) is 0 Å². The summed E-state index contributed by atoms with van der Waals surface area (Å²) in [5, 5.41) is 14.7. The van der Waals surface area contributed by atoms with E-state index in [-0.39, 0.29) is 11.7 Å². The summed E-state index contributed by atoms with van der Waals surface area (Å²) in [5.41, 5.74) is 4.96. The monoisotopic (exact) mass is 515 g/mol. The molecule has 0 spiro atoms. The Kier molecular flexibility index (Phi) is 7.67. The SMILES string of the molecule is O=C(CSc1nnc(-c2ccccc2)n1-c1ccc(Cl)cc1)N/N=C\c1ccc(Cl)c(Cl)c1. The van der Waals surface area contributed by atoms with Crippen molar-refractivity contribution in [1.29, 1.82) is 0 Å². The quantitative estimate of drug-likeness (QED) is 0.182. The van der Waals surface area contributed by atoms with Crippen molar-refractivity contribution in [3.8, 4) is 17.1 Å². The van der Waals surface area contributed by atoms with E-state index < -0.39 is 0 Å². The molecule has 0 aliphatic heterocycles. The van der Waals surface area contributed by atoms with Gasteiger partial charge >= 0.3 is 0 Å². The number of aromatic nitrogens is 3. The number of amides is 1. The molecule has 1 N–H and O–H groups in total. The maximum Gasteiger partial charge on any atom is 0.250 e. The molecule has 0 saturated carbocycles. The van der Waals surface area contributed by atoms with Crippen molar-refractivity contribution in [2.75, 3.05) is 5.75 Å². The second kappa shape index (κ2) is 10.9. The van der Waals surface area contributed by atoms with Crippen molar-refractivity contribution in [2.45, 2.75) is 5.16 Å². The van der Waals surface area contributed by atoms with Gasteiger partial charge in [-0.1, -0.05) is 83.0 Å². The van der Waals surface area contributed by atoms with Crippen molar-refractivity contribution < 1.29 is 4.79 Å². The summed E-state index contributed by atoms with van der Waals surface area (Å²) in [7, 11) is 0. The summed E-state index contributed by atoms with van der Waals surface area (Å²) in [5.74, 6) is 0.473. The molecule has 0 bridgehead atoms. The minimum absolute atomic E-state index is 0.0965. The van der Waals surface area contributed by atoms with Gasteiger partial charge in [0, 0.05) is 16.3 Å². The minimum atomic E-state index is -0.289. The van der Waals surface area contributed by atoms with E-state index in [1.54, 1.807) is 30.3 Å². The first-order valence-corrected chi connectivity index (χ1v) is 11.8. The third-order valence-electron chi connectivity index (χ3n) is 4.43. The molecule has 6 nitrogen and oxygen atoms in total. The van der Waals surface area contributed by atoms with Gasteiger partial charge in [0.25, 0.3) is 5.91 Å². The molecule has 0 radical (unpaired) electrons. The molecule has 4 aromatic rings. The first-order valence-electron chi connectivity index (χ1n) is 9.68. The fourth-order valence-electron chi connectivity index (χ4n) is 2.89. The molecule has 166 valence electrons. The molecule has 33 heavy (non-hydrogen) atoms. The van der Waals surface area contributed by atoms with Crippen molar-refractivity contribution in [3.05, 3.63) is 93.4 Å². The van der Waals surface area contributed by atoms with Crippen LogP contribution in [0.4, 0.5) is 0 Å². The fraction of sp³-hybridized carbons (Fsp3) is 0.0435.